The van der Waals surface area contributed by atoms with E-state index >= 15 is 0 Å². The topological polar surface area (TPSA) is 83.6 Å². The van der Waals surface area contributed by atoms with E-state index in [0.29, 0.717) is 30.8 Å². The van der Waals surface area contributed by atoms with E-state index in [0.717, 1.165) is 5.56 Å². The van der Waals surface area contributed by atoms with Crippen molar-refractivity contribution < 1.29 is 18.0 Å². The number of amides is 2. The van der Waals surface area contributed by atoms with Crippen LogP contribution in [-0.2, 0) is 25.0 Å². The van der Waals surface area contributed by atoms with Gasteiger partial charge in [-0.3, -0.25) is 9.59 Å². The second kappa shape index (κ2) is 7.25. The van der Waals surface area contributed by atoms with E-state index in [1.54, 1.807) is 25.1 Å². The first-order valence-corrected chi connectivity index (χ1v) is 11.7. The Labute approximate surface area is 185 Å². The first kappa shape index (κ1) is 21.2. The summed E-state index contributed by atoms with van der Waals surface area (Å²) >= 11 is 11.8. The van der Waals surface area contributed by atoms with Gasteiger partial charge in [-0.2, -0.15) is 0 Å². The Morgan fingerprint density at radius 2 is 1.67 bits per heavy atom. The summed E-state index contributed by atoms with van der Waals surface area (Å²) in [6.45, 7) is 1.99. The van der Waals surface area contributed by atoms with E-state index in [4.69, 9.17) is 23.2 Å². The van der Waals surface area contributed by atoms with E-state index in [9.17, 15) is 18.0 Å². The molecule has 2 fully saturated rings. The molecule has 1 saturated carbocycles. The van der Waals surface area contributed by atoms with E-state index in [1.165, 1.54) is 23.1 Å². The zero-order chi connectivity index (χ0) is 21.7. The first-order valence-electron chi connectivity index (χ1n) is 9.49. The third kappa shape index (κ3) is 3.49. The highest BCUT2D eigenvalue weighted by Gasteiger charge is 2.60. The van der Waals surface area contributed by atoms with Crippen molar-refractivity contribution in [2.24, 2.45) is 0 Å². The summed E-state index contributed by atoms with van der Waals surface area (Å²) in [7, 11) is -4.10. The van der Waals surface area contributed by atoms with E-state index in [1.807, 2.05) is 12.1 Å². The van der Waals surface area contributed by atoms with Crippen LogP contribution in [-0.4, -0.2) is 37.2 Å². The van der Waals surface area contributed by atoms with Crippen molar-refractivity contribution in [2.75, 3.05) is 6.54 Å². The number of likely N-dealkylation sites (tertiary alicyclic amines) is 1. The second-order valence-electron chi connectivity index (χ2n) is 7.96. The van der Waals surface area contributed by atoms with Crippen LogP contribution in [0.1, 0.15) is 31.7 Å². The van der Waals surface area contributed by atoms with Gasteiger partial charge in [0.25, 0.3) is 15.9 Å². The summed E-state index contributed by atoms with van der Waals surface area (Å²) < 4.78 is 27.3. The fourth-order valence-electron chi connectivity index (χ4n) is 3.82. The zero-order valence-corrected chi connectivity index (χ0v) is 18.5. The molecular formula is C21H20Cl2N2O4S. The van der Waals surface area contributed by atoms with Gasteiger partial charge in [-0.1, -0.05) is 41.4 Å². The average molecular weight is 467 g/mol. The molecule has 30 heavy (non-hydrogen) atoms. The Bertz CT molecular complexity index is 1130. The van der Waals surface area contributed by atoms with Gasteiger partial charge in [0.05, 0.1) is 10.3 Å². The molecule has 2 aromatic rings. The normalized spacial score (nSPS) is 22.2. The van der Waals surface area contributed by atoms with Crippen LogP contribution >= 0.6 is 23.2 Å². The van der Waals surface area contributed by atoms with Crippen molar-refractivity contribution in [1.82, 2.24) is 9.62 Å². The predicted molar refractivity (Wildman–Crippen MR) is 114 cm³/mol. The van der Waals surface area contributed by atoms with Gasteiger partial charge in [-0.05, 0) is 62.1 Å². The fraction of sp³-hybridized carbons (Fsp3) is 0.333. The van der Waals surface area contributed by atoms with Crippen molar-refractivity contribution in [3.8, 4) is 0 Å². The molecule has 2 amide bonds. The Hall–Kier alpha value is -2.09. The molecule has 1 aliphatic heterocycles. The van der Waals surface area contributed by atoms with Gasteiger partial charge in [-0.15, -0.1) is 0 Å². The van der Waals surface area contributed by atoms with E-state index in [-0.39, 0.29) is 15.8 Å². The number of sulfonamides is 1. The Balaban J connectivity index is 1.54. The number of nitrogens with one attached hydrogen (secondary N) is 1. The minimum atomic E-state index is -4.10. The molecular weight excluding hydrogens is 447 g/mol. The van der Waals surface area contributed by atoms with E-state index in [2.05, 4.69) is 4.72 Å². The number of halogens is 2. The van der Waals surface area contributed by atoms with Crippen molar-refractivity contribution in [3.63, 3.8) is 0 Å². The highest BCUT2D eigenvalue weighted by Crippen LogP contribution is 2.52. The minimum absolute atomic E-state index is 0.107. The fourth-order valence-corrected chi connectivity index (χ4v) is 5.33. The SMILES string of the molecule is CC1(C(=O)NS(=O)(=O)c2cccc(Cl)c2)CCN1C(=O)C1(c2ccc(Cl)cc2)CC1. The largest absolute Gasteiger partial charge is 0.327 e. The molecule has 0 spiro atoms. The Morgan fingerprint density at radius 3 is 2.20 bits per heavy atom. The van der Waals surface area contributed by atoms with Crippen LogP contribution in [0.25, 0.3) is 0 Å². The lowest BCUT2D eigenvalue weighted by Crippen LogP contribution is -2.69. The van der Waals surface area contributed by atoms with Gasteiger partial charge in [0.1, 0.15) is 5.54 Å². The first-order chi connectivity index (χ1) is 14.1. The number of hydrogen-bond donors (Lipinski definition) is 1. The molecule has 1 unspecified atom stereocenters. The van der Waals surface area contributed by atoms with Crippen molar-refractivity contribution in [3.05, 3.63) is 64.1 Å². The molecule has 158 valence electrons. The van der Waals surface area contributed by atoms with E-state index < -0.39 is 26.9 Å². The van der Waals surface area contributed by atoms with Gasteiger partial charge >= 0.3 is 0 Å². The maximum Gasteiger partial charge on any atom is 0.264 e. The number of nitrogens with zero attached hydrogens (tertiary/aromatic N) is 1. The maximum atomic E-state index is 13.3. The lowest BCUT2D eigenvalue weighted by atomic mass is 9.82. The second-order valence-corrected chi connectivity index (χ2v) is 10.5. The van der Waals surface area contributed by atoms with Crippen LogP contribution in [0.3, 0.4) is 0 Å². The van der Waals surface area contributed by atoms with Gasteiger partial charge in [0, 0.05) is 16.6 Å². The Morgan fingerprint density at radius 1 is 1.00 bits per heavy atom. The van der Waals surface area contributed by atoms with Crippen LogP contribution in [0, 0.1) is 0 Å². The maximum absolute atomic E-state index is 13.3. The molecule has 6 nitrogen and oxygen atoms in total. The monoisotopic (exact) mass is 466 g/mol. The number of carbonyl (C=O) groups is 2. The van der Waals surface area contributed by atoms with Crippen LogP contribution in [0.15, 0.2) is 53.4 Å². The number of hydrogen-bond acceptors (Lipinski definition) is 4. The molecule has 2 aromatic carbocycles. The molecule has 0 radical (unpaired) electrons. The molecule has 0 aromatic heterocycles. The number of carbonyl (C=O) groups excluding carboxylic acids is 2. The third-order valence-corrected chi connectivity index (χ3v) is 7.86. The van der Waals surface area contributed by atoms with Crippen LogP contribution in [0.4, 0.5) is 0 Å². The minimum Gasteiger partial charge on any atom is -0.327 e. The summed E-state index contributed by atoms with van der Waals surface area (Å²) in [4.78, 5) is 27.6. The lowest BCUT2D eigenvalue weighted by molar-refractivity contribution is -0.158. The Kier molecular flexibility index (Phi) is 5.11. The van der Waals surface area contributed by atoms with Crippen molar-refractivity contribution in [2.45, 2.75) is 42.0 Å². The zero-order valence-electron chi connectivity index (χ0n) is 16.2. The molecule has 9 heteroatoms. The average Bonchev–Trinajstić information content (AvgIpc) is 3.48. The highest BCUT2D eigenvalue weighted by molar-refractivity contribution is 7.90. The summed E-state index contributed by atoms with van der Waals surface area (Å²) in [6, 6.07) is 12.8. The van der Waals surface area contributed by atoms with Gasteiger partial charge in [-0.25, -0.2) is 13.1 Å². The van der Waals surface area contributed by atoms with Gasteiger partial charge in [0.15, 0.2) is 0 Å². The number of rotatable bonds is 5. The highest BCUT2D eigenvalue weighted by atomic mass is 35.5. The molecule has 0 bridgehead atoms. The quantitative estimate of drug-likeness (QED) is 0.730. The van der Waals surface area contributed by atoms with Crippen molar-refractivity contribution >= 4 is 45.0 Å². The molecule has 1 heterocycles. The summed E-state index contributed by atoms with van der Waals surface area (Å²) in [5, 5.41) is 0.831. The third-order valence-electron chi connectivity index (χ3n) is 6.04. The molecule has 1 saturated heterocycles. The summed E-state index contributed by atoms with van der Waals surface area (Å²) in [5.41, 5.74) is -1.04. The molecule has 4 rings (SSSR count). The lowest BCUT2D eigenvalue weighted by Gasteiger charge is -2.50. The van der Waals surface area contributed by atoms with Gasteiger partial charge < -0.3 is 4.90 Å². The smallest absolute Gasteiger partial charge is 0.264 e. The molecule has 1 N–H and O–H groups in total. The molecule has 2 aliphatic rings. The predicted octanol–water partition coefficient (Wildman–Crippen LogP) is 3.52. The standard InChI is InChI=1S/C21H20Cl2N2O4S/c1-20(18(26)24-30(28,29)17-4-2-3-16(23)13-17)11-12-25(20)19(27)21(9-10-21)14-5-7-15(22)8-6-14/h2-8,13H,9-12H2,1H3,(H,24,26). The molecule has 1 aliphatic carbocycles. The number of benzene rings is 2. The van der Waals surface area contributed by atoms with Crippen LogP contribution in [0.2, 0.25) is 10.0 Å². The summed E-state index contributed by atoms with van der Waals surface area (Å²) in [5.74, 6) is -0.886. The van der Waals surface area contributed by atoms with Crippen LogP contribution in [0.5, 0.6) is 0 Å². The van der Waals surface area contributed by atoms with Crippen LogP contribution < -0.4 is 4.72 Å². The van der Waals surface area contributed by atoms with Crippen molar-refractivity contribution in [1.29, 1.82) is 0 Å². The van der Waals surface area contributed by atoms with Gasteiger partial charge in [0.2, 0.25) is 5.91 Å². The molecule has 1 atom stereocenters. The summed E-state index contributed by atoms with van der Waals surface area (Å²) in [6.07, 6.45) is 1.75.